The van der Waals surface area contributed by atoms with Gasteiger partial charge in [0, 0.05) is 5.56 Å². The molecule has 1 unspecified atom stereocenters. The van der Waals surface area contributed by atoms with E-state index in [0.717, 1.165) is 21.7 Å². The minimum absolute atomic E-state index is 0.446. The number of hydrogen-bond acceptors (Lipinski definition) is 2. The van der Waals surface area contributed by atoms with Gasteiger partial charge in [0.15, 0.2) is 0 Å². The maximum atomic E-state index is 11.4. The van der Waals surface area contributed by atoms with Crippen LogP contribution in [0.4, 0.5) is 0 Å². The van der Waals surface area contributed by atoms with Crippen molar-refractivity contribution < 1.29 is 31.1 Å². The number of carboxylic acid groups (broad SMARTS) is 1. The van der Waals surface area contributed by atoms with Crippen molar-refractivity contribution in [1.29, 1.82) is 0 Å². The second-order valence-corrected chi connectivity index (χ2v) is 7.16. The highest BCUT2D eigenvalue weighted by Gasteiger charge is 2.25. The third kappa shape index (κ3) is 2.26. The minimum Gasteiger partial charge on any atom is -0.545 e. The molecule has 100 valence electrons. The summed E-state index contributed by atoms with van der Waals surface area (Å²) in [6.45, 7) is 0. The maximum absolute atomic E-state index is 11.4. The molecule has 0 saturated heterocycles. The van der Waals surface area contributed by atoms with Gasteiger partial charge < -0.3 is 9.90 Å². The number of benzene rings is 3. The number of carbonyl (C=O) groups excluding carboxylic acids is 1. The van der Waals surface area contributed by atoms with Crippen LogP contribution in [0.1, 0.15) is 9.49 Å². The van der Waals surface area contributed by atoms with Crippen LogP contribution in [-0.2, 0) is 4.79 Å². The van der Waals surface area contributed by atoms with Crippen LogP contribution in [0.3, 0.4) is 0 Å². The number of fused-ring (bicyclic) bond motifs is 2. The van der Waals surface area contributed by atoms with Crippen molar-refractivity contribution in [3.8, 4) is 0 Å². The average molecular weight is 376 g/mol. The summed E-state index contributed by atoms with van der Waals surface area (Å²) in [5.41, 5.74) is 0.892. The zero-order valence-electron chi connectivity index (χ0n) is 11.0. The summed E-state index contributed by atoms with van der Waals surface area (Å²) in [6.07, 6.45) is 0. The van der Waals surface area contributed by atoms with Crippen molar-refractivity contribution >= 4 is 27.5 Å². The predicted molar refractivity (Wildman–Crippen MR) is 75.1 cm³/mol. The maximum Gasteiger partial charge on any atom is 0.280 e. The van der Waals surface area contributed by atoms with E-state index in [-0.39, 0.29) is 0 Å². The molecule has 0 fully saturated rings. The zero-order chi connectivity index (χ0) is 14.1. The van der Waals surface area contributed by atoms with E-state index < -0.39 is 31.1 Å². The van der Waals surface area contributed by atoms with Crippen molar-refractivity contribution in [2.45, 2.75) is 3.92 Å². The predicted octanol–water partition coefficient (Wildman–Crippen LogP) is -0.497. The van der Waals surface area contributed by atoms with Gasteiger partial charge in [-0.05, 0) is 33.7 Å². The van der Waals surface area contributed by atoms with Gasteiger partial charge in [0.2, 0.25) is 3.92 Å². The smallest absolute Gasteiger partial charge is 0.280 e. The van der Waals surface area contributed by atoms with Crippen LogP contribution >= 0.6 is 0 Å². The van der Waals surface area contributed by atoms with Gasteiger partial charge >= 0.3 is 0 Å². The number of rotatable bonds is 3. The van der Waals surface area contributed by atoms with Crippen LogP contribution in [0.5, 0.6) is 0 Å². The monoisotopic (exact) mass is 376 g/mol. The van der Waals surface area contributed by atoms with Crippen molar-refractivity contribution in [2.24, 2.45) is 0 Å². The lowest BCUT2D eigenvalue weighted by atomic mass is 9.98. The number of carboxylic acids is 1. The first-order chi connectivity index (χ1) is 9.70. The first kappa shape index (κ1) is 13.4. The number of hydrogen-bond donors (Lipinski definition) is 0. The summed E-state index contributed by atoms with van der Waals surface area (Å²) >= 11 is -0.458. The minimum atomic E-state index is -0.957. The molecular weight excluding hydrogens is 363 g/mol. The Morgan fingerprint density at radius 2 is 1.65 bits per heavy atom. The summed E-state index contributed by atoms with van der Waals surface area (Å²) in [5.74, 6) is -0.957. The lowest BCUT2D eigenvalue weighted by Gasteiger charge is -2.11. The molecule has 20 heavy (non-hydrogen) atoms. The number of alkyl halides is 2. The van der Waals surface area contributed by atoms with Gasteiger partial charge in [0.1, 0.15) is 4.93 Å². The Morgan fingerprint density at radius 3 is 2.30 bits per heavy atom. The van der Waals surface area contributed by atoms with Gasteiger partial charge in [-0.3, -0.25) is 0 Å². The molecule has 0 amide bonds. The van der Waals surface area contributed by atoms with Crippen molar-refractivity contribution in [3.05, 3.63) is 60.2 Å². The average Bonchev–Trinajstić information content (AvgIpc) is 2.46. The summed E-state index contributed by atoms with van der Waals surface area (Å²) in [4.78, 5) is 13.3. The summed E-state index contributed by atoms with van der Waals surface area (Å²) < 4.78 is -0.446. The second-order valence-electron chi connectivity index (χ2n) is 4.67. The molecule has 0 spiro atoms. The standard InChI is InChI=1S/C17H13IO2/c1-18-16(17(19)20)14-8-4-7-13-9-11-5-2-3-6-12(11)10-15(13)14/h2-10,16H,1H3. The molecule has 3 aromatic carbocycles. The third-order valence-corrected chi connectivity index (χ3v) is 5.90. The van der Waals surface area contributed by atoms with Crippen LogP contribution in [0.25, 0.3) is 21.5 Å². The van der Waals surface area contributed by atoms with Gasteiger partial charge in [-0.15, -0.1) is 0 Å². The van der Waals surface area contributed by atoms with Crippen LogP contribution in [-0.4, -0.2) is 10.9 Å². The molecule has 0 saturated carbocycles. The van der Waals surface area contributed by atoms with Crippen molar-refractivity contribution in [3.63, 3.8) is 0 Å². The van der Waals surface area contributed by atoms with E-state index in [1.807, 2.05) is 35.3 Å². The van der Waals surface area contributed by atoms with Gasteiger partial charge in [-0.1, -0.05) is 42.5 Å². The van der Waals surface area contributed by atoms with E-state index in [2.05, 4.69) is 24.3 Å². The number of halogens is 1. The largest absolute Gasteiger partial charge is 0.545 e. The normalized spacial score (nSPS) is 12.7. The summed E-state index contributed by atoms with van der Waals surface area (Å²) in [6, 6.07) is 18.2. The molecule has 3 aromatic rings. The SMILES string of the molecule is C[I+]C(C(=O)[O-])c1cccc2cc3ccccc3cc12. The molecule has 0 aliphatic carbocycles. The molecule has 2 nitrogen and oxygen atoms in total. The van der Waals surface area contributed by atoms with Crippen LogP contribution in [0, 0.1) is 0 Å². The molecule has 0 aliphatic rings. The van der Waals surface area contributed by atoms with E-state index in [1.54, 1.807) is 0 Å². The van der Waals surface area contributed by atoms with Crippen LogP contribution in [0.15, 0.2) is 54.6 Å². The number of carbonyl (C=O) groups is 1. The Hall–Kier alpha value is -1.62. The Morgan fingerprint density at radius 1 is 1.00 bits per heavy atom. The zero-order valence-corrected chi connectivity index (χ0v) is 13.1. The van der Waals surface area contributed by atoms with E-state index in [4.69, 9.17) is 0 Å². The lowest BCUT2D eigenvalue weighted by Crippen LogP contribution is -3.61. The molecule has 3 rings (SSSR count). The Labute approximate surface area is 127 Å². The lowest BCUT2D eigenvalue weighted by molar-refractivity contribution is -0.664. The summed E-state index contributed by atoms with van der Waals surface area (Å²) in [7, 11) is 0. The number of aliphatic carboxylic acids is 1. The third-order valence-electron chi connectivity index (χ3n) is 3.48. The molecule has 0 aromatic heterocycles. The molecule has 0 N–H and O–H groups in total. The molecule has 1 atom stereocenters. The molecular formula is C17H13IO2. The van der Waals surface area contributed by atoms with Gasteiger partial charge in [-0.25, -0.2) is 0 Å². The van der Waals surface area contributed by atoms with E-state index in [9.17, 15) is 9.90 Å². The second kappa shape index (κ2) is 5.40. The highest BCUT2D eigenvalue weighted by atomic mass is 127. The van der Waals surface area contributed by atoms with Crippen molar-refractivity contribution in [1.82, 2.24) is 0 Å². The quantitative estimate of drug-likeness (QED) is 0.352. The first-order valence-corrected chi connectivity index (χ1v) is 9.71. The van der Waals surface area contributed by atoms with E-state index in [0.29, 0.717) is 0 Å². The highest BCUT2D eigenvalue weighted by Crippen LogP contribution is 2.27. The fourth-order valence-corrected chi connectivity index (χ4v) is 4.27. The fraction of sp³-hybridized carbons (Fsp3) is 0.118. The molecule has 0 aliphatic heterocycles. The fourth-order valence-electron chi connectivity index (χ4n) is 2.55. The highest BCUT2D eigenvalue weighted by molar-refractivity contribution is 6.00. The van der Waals surface area contributed by atoms with Crippen molar-refractivity contribution in [2.75, 3.05) is 4.93 Å². The topological polar surface area (TPSA) is 40.1 Å². The molecule has 0 heterocycles. The Balaban J connectivity index is 2.32. The summed E-state index contributed by atoms with van der Waals surface area (Å²) in [5, 5.41) is 15.8. The van der Waals surface area contributed by atoms with E-state index >= 15 is 0 Å². The van der Waals surface area contributed by atoms with Gasteiger partial charge in [0.25, 0.3) is 21.2 Å². The molecule has 3 heteroatoms. The first-order valence-electron chi connectivity index (χ1n) is 6.31. The van der Waals surface area contributed by atoms with Gasteiger partial charge in [0.05, 0.1) is 5.97 Å². The Bertz CT molecular complexity index is 795. The Kier molecular flexibility index (Phi) is 3.61. The molecule has 0 radical (unpaired) electrons. The van der Waals surface area contributed by atoms with Crippen LogP contribution in [0.2, 0.25) is 0 Å². The van der Waals surface area contributed by atoms with Gasteiger partial charge in [-0.2, -0.15) is 0 Å². The van der Waals surface area contributed by atoms with Crippen LogP contribution < -0.4 is 26.3 Å². The molecule has 0 bridgehead atoms. The van der Waals surface area contributed by atoms with E-state index in [1.165, 1.54) is 5.39 Å².